The highest BCUT2D eigenvalue weighted by atomic mass is 16.4. The van der Waals surface area contributed by atoms with Gasteiger partial charge in [-0.2, -0.15) is 0 Å². The molecule has 6 heteroatoms. The first kappa shape index (κ1) is 19.2. The molecule has 0 radical (unpaired) electrons. The summed E-state index contributed by atoms with van der Waals surface area (Å²) in [6, 6.07) is 10.6. The number of fused-ring (bicyclic) bond motifs is 1. The molecule has 3 fully saturated rings. The molecule has 4 rings (SSSR count). The van der Waals surface area contributed by atoms with Crippen LogP contribution in [0.4, 0.5) is 4.79 Å². The Labute approximate surface area is 166 Å². The summed E-state index contributed by atoms with van der Waals surface area (Å²) in [6.07, 6.45) is 3.51. The van der Waals surface area contributed by atoms with E-state index in [0.29, 0.717) is 25.4 Å². The molecule has 28 heavy (non-hydrogen) atoms. The van der Waals surface area contributed by atoms with E-state index in [-0.39, 0.29) is 18.0 Å². The van der Waals surface area contributed by atoms with Crippen LogP contribution in [0.3, 0.4) is 0 Å². The van der Waals surface area contributed by atoms with Gasteiger partial charge in [0.25, 0.3) is 0 Å². The van der Waals surface area contributed by atoms with Crippen LogP contribution in [0.25, 0.3) is 0 Å². The summed E-state index contributed by atoms with van der Waals surface area (Å²) in [7, 11) is 0. The van der Waals surface area contributed by atoms with E-state index in [1.54, 1.807) is 4.90 Å². The number of nitrogens with one attached hydrogen (secondary N) is 1. The second-order valence-corrected chi connectivity index (χ2v) is 8.97. The summed E-state index contributed by atoms with van der Waals surface area (Å²) in [4.78, 5) is 28.9. The van der Waals surface area contributed by atoms with E-state index in [9.17, 15) is 14.7 Å². The lowest BCUT2D eigenvalue weighted by Gasteiger charge is -2.38. The molecule has 1 saturated carbocycles. The number of benzene rings is 1. The minimum atomic E-state index is -0.729. The molecule has 4 atom stereocenters. The van der Waals surface area contributed by atoms with Crippen LogP contribution >= 0.6 is 0 Å². The first-order chi connectivity index (χ1) is 13.5. The van der Waals surface area contributed by atoms with Gasteiger partial charge >= 0.3 is 12.0 Å². The van der Waals surface area contributed by atoms with Gasteiger partial charge in [0.1, 0.15) is 0 Å². The highest BCUT2D eigenvalue weighted by Crippen LogP contribution is 2.48. The number of rotatable bonds is 4. The van der Waals surface area contributed by atoms with Crippen molar-refractivity contribution < 1.29 is 14.7 Å². The van der Waals surface area contributed by atoms with Crippen LogP contribution < -0.4 is 5.32 Å². The highest BCUT2D eigenvalue weighted by molar-refractivity contribution is 5.80. The molecular weight excluding hydrogens is 354 g/mol. The molecule has 2 heterocycles. The molecule has 1 aliphatic carbocycles. The van der Waals surface area contributed by atoms with Crippen molar-refractivity contribution in [3.8, 4) is 0 Å². The smallest absolute Gasteiger partial charge is 0.317 e. The van der Waals surface area contributed by atoms with Gasteiger partial charge < -0.3 is 15.3 Å². The number of hydrogen-bond acceptors (Lipinski definition) is 3. The predicted octanol–water partition coefficient (Wildman–Crippen LogP) is 2.79. The largest absolute Gasteiger partial charge is 0.481 e. The van der Waals surface area contributed by atoms with Gasteiger partial charge in [0.05, 0.1) is 5.41 Å². The summed E-state index contributed by atoms with van der Waals surface area (Å²) < 4.78 is 0. The molecule has 1 aromatic rings. The van der Waals surface area contributed by atoms with Crippen molar-refractivity contribution >= 4 is 12.0 Å². The normalized spacial score (nSPS) is 32.9. The number of carbonyl (C=O) groups excluding carboxylic acids is 1. The van der Waals surface area contributed by atoms with E-state index in [1.165, 1.54) is 5.56 Å². The Hall–Kier alpha value is -2.08. The van der Waals surface area contributed by atoms with Gasteiger partial charge in [-0.1, -0.05) is 43.7 Å². The molecule has 2 unspecified atom stereocenters. The first-order valence-electron chi connectivity index (χ1n) is 10.5. The minimum absolute atomic E-state index is 0.0802. The summed E-state index contributed by atoms with van der Waals surface area (Å²) >= 11 is 0. The zero-order chi connectivity index (χ0) is 19.7. The number of urea groups is 1. The zero-order valence-electron chi connectivity index (χ0n) is 16.6. The Bertz CT molecular complexity index is 725. The van der Waals surface area contributed by atoms with Crippen LogP contribution in [-0.4, -0.2) is 59.1 Å². The second kappa shape index (κ2) is 7.74. The maximum absolute atomic E-state index is 12.8. The molecule has 6 nitrogen and oxygen atoms in total. The summed E-state index contributed by atoms with van der Waals surface area (Å²) in [5, 5.41) is 12.9. The van der Waals surface area contributed by atoms with Gasteiger partial charge in [0.15, 0.2) is 0 Å². The van der Waals surface area contributed by atoms with E-state index < -0.39 is 11.4 Å². The van der Waals surface area contributed by atoms with Crippen molar-refractivity contribution in [1.29, 1.82) is 0 Å². The monoisotopic (exact) mass is 385 g/mol. The number of carboxylic acids is 1. The van der Waals surface area contributed by atoms with Gasteiger partial charge in [-0.05, 0) is 36.7 Å². The number of aliphatic carboxylic acids is 1. The summed E-state index contributed by atoms with van der Waals surface area (Å²) in [5.41, 5.74) is 0.613. The summed E-state index contributed by atoms with van der Waals surface area (Å²) in [5.74, 6) is -0.245. The Balaban J connectivity index is 1.30. The molecule has 3 aliphatic rings. The molecule has 2 aliphatic heterocycles. The molecule has 2 N–H and O–H groups in total. The number of piperidine rings is 1. The van der Waals surface area contributed by atoms with Gasteiger partial charge in [-0.25, -0.2) is 4.79 Å². The lowest BCUT2D eigenvalue weighted by Crippen LogP contribution is -2.53. The zero-order valence-corrected chi connectivity index (χ0v) is 16.6. The lowest BCUT2D eigenvalue weighted by atomic mass is 9.81. The summed E-state index contributed by atoms with van der Waals surface area (Å²) in [6.45, 7) is 6.01. The van der Waals surface area contributed by atoms with E-state index in [2.05, 4.69) is 41.4 Å². The van der Waals surface area contributed by atoms with Gasteiger partial charge in [0, 0.05) is 38.8 Å². The lowest BCUT2D eigenvalue weighted by molar-refractivity contribution is -0.149. The van der Waals surface area contributed by atoms with E-state index in [0.717, 1.165) is 38.9 Å². The highest BCUT2D eigenvalue weighted by Gasteiger charge is 2.56. The standard InChI is InChI=1S/C22H31N3O3/c1-16-12-24(13-17-6-3-2-4-7-17)11-9-19(16)23-21(28)25-14-18-8-5-10-22(18,15-25)20(26)27/h2-4,6-7,16,18-19H,5,8-15H2,1H3,(H,23,28)(H,26,27)/t16?,18-,19?,22+/m0/s1. The average Bonchev–Trinajstić information content (AvgIpc) is 3.23. The molecular formula is C22H31N3O3. The number of amides is 2. The van der Waals surface area contributed by atoms with Crippen LogP contribution in [0, 0.1) is 17.3 Å². The molecule has 1 aromatic carbocycles. The molecule has 152 valence electrons. The fourth-order valence-electron chi connectivity index (χ4n) is 5.48. The third-order valence-electron chi connectivity index (χ3n) is 7.13. The minimum Gasteiger partial charge on any atom is -0.481 e. The van der Waals surface area contributed by atoms with E-state index >= 15 is 0 Å². The number of carbonyl (C=O) groups is 2. The van der Waals surface area contributed by atoms with Gasteiger partial charge in [0.2, 0.25) is 0 Å². The topological polar surface area (TPSA) is 72.9 Å². The van der Waals surface area contributed by atoms with Crippen LogP contribution in [0.5, 0.6) is 0 Å². The predicted molar refractivity (Wildman–Crippen MR) is 107 cm³/mol. The van der Waals surface area contributed by atoms with Crippen molar-refractivity contribution in [2.75, 3.05) is 26.2 Å². The van der Waals surface area contributed by atoms with Crippen LogP contribution in [0.2, 0.25) is 0 Å². The maximum Gasteiger partial charge on any atom is 0.317 e. The van der Waals surface area contributed by atoms with Crippen molar-refractivity contribution in [1.82, 2.24) is 15.1 Å². The Morgan fingerprint density at radius 2 is 2.00 bits per heavy atom. The van der Waals surface area contributed by atoms with Crippen LogP contribution in [-0.2, 0) is 11.3 Å². The van der Waals surface area contributed by atoms with Crippen LogP contribution in [0.1, 0.15) is 38.2 Å². The van der Waals surface area contributed by atoms with Crippen molar-refractivity contribution in [3.05, 3.63) is 35.9 Å². The Kier molecular flexibility index (Phi) is 5.32. The third-order valence-corrected chi connectivity index (χ3v) is 7.13. The fourth-order valence-corrected chi connectivity index (χ4v) is 5.48. The maximum atomic E-state index is 12.8. The Morgan fingerprint density at radius 1 is 1.21 bits per heavy atom. The first-order valence-corrected chi connectivity index (χ1v) is 10.5. The fraction of sp³-hybridized carbons (Fsp3) is 0.636. The van der Waals surface area contributed by atoms with Gasteiger partial charge in [-0.3, -0.25) is 9.69 Å². The molecule has 0 bridgehead atoms. The molecule has 0 aromatic heterocycles. The van der Waals surface area contributed by atoms with E-state index in [1.807, 2.05) is 6.07 Å². The molecule has 2 amide bonds. The van der Waals surface area contributed by atoms with E-state index in [4.69, 9.17) is 0 Å². The van der Waals surface area contributed by atoms with Crippen molar-refractivity contribution in [2.24, 2.45) is 17.3 Å². The molecule has 2 saturated heterocycles. The van der Waals surface area contributed by atoms with Crippen LogP contribution in [0.15, 0.2) is 30.3 Å². The number of hydrogen-bond donors (Lipinski definition) is 2. The quantitative estimate of drug-likeness (QED) is 0.836. The number of likely N-dealkylation sites (tertiary alicyclic amines) is 2. The van der Waals surface area contributed by atoms with Crippen molar-refractivity contribution in [2.45, 2.75) is 45.2 Å². The number of carboxylic acid groups (broad SMARTS) is 1. The van der Waals surface area contributed by atoms with Crippen molar-refractivity contribution in [3.63, 3.8) is 0 Å². The second-order valence-electron chi connectivity index (χ2n) is 8.97. The third kappa shape index (κ3) is 3.62. The molecule has 0 spiro atoms. The number of nitrogens with zero attached hydrogens (tertiary/aromatic N) is 2. The average molecular weight is 386 g/mol. The van der Waals surface area contributed by atoms with Gasteiger partial charge in [-0.15, -0.1) is 0 Å². The Morgan fingerprint density at radius 3 is 2.68 bits per heavy atom. The SMILES string of the molecule is CC1CN(Cc2ccccc2)CCC1NC(=O)N1C[C@@H]2CCC[C@@]2(C(=O)O)C1.